The molecule has 19 heavy (non-hydrogen) atoms. The van der Waals surface area contributed by atoms with E-state index in [0.29, 0.717) is 19.4 Å². The van der Waals surface area contributed by atoms with Crippen molar-refractivity contribution in [2.45, 2.75) is 26.2 Å². The summed E-state index contributed by atoms with van der Waals surface area (Å²) in [4.78, 5) is 16.2. The summed E-state index contributed by atoms with van der Waals surface area (Å²) in [6, 6.07) is 0. The van der Waals surface area contributed by atoms with Crippen LogP contribution in [0.2, 0.25) is 0 Å². The first-order chi connectivity index (χ1) is 9.00. The molecule has 2 rings (SSSR count). The number of carbonyl (C=O) groups is 1. The predicted octanol–water partition coefficient (Wildman–Crippen LogP) is 0.799. The number of amides is 1. The fourth-order valence-corrected chi connectivity index (χ4v) is 4.61. The number of hydrogen-bond donors (Lipinski definition) is 1. The van der Waals surface area contributed by atoms with Crippen LogP contribution in [0.4, 0.5) is 0 Å². The van der Waals surface area contributed by atoms with E-state index in [9.17, 15) is 13.2 Å². The Morgan fingerprint density at radius 3 is 2.95 bits per heavy atom. The summed E-state index contributed by atoms with van der Waals surface area (Å²) in [5.41, 5.74) is 0.987. The van der Waals surface area contributed by atoms with E-state index in [1.807, 2.05) is 5.38 Å². The number of thiazole rings is 1. The molecule has 1 aliphatic heterocycles. The van der Waals surface area contributed by atoms with Crippen LogP contribution in [0.3, 0.4) is 0 Å². The molecule has 1 aliphatic rings. The van der Waals surface area contributed by atoms with E-state index in [1.54, 1.807) is 11.3 Å². The monoisotopic (exact) mass is 302 g/mol. The molecule has 1 atom stereocenters. The minimum atomic E-state index is -2.99. The van der Waals surface area contributed by atoms with Gasteiger partial charge in [-0.15, -0.1) is 11.3 Å². The van der Waals surface area contributed by atoms with Crippen molar-refractivity contribution in [2.75, 3.05) is 18.1 Å². The van der Waals surface area contributed by atoms with Crippen LogP contribution >= 0.6 is 11.3 Å². The molecule has 5 nitrogen and oxygen atoms in total. The van der Waals surface area contributed by atoms with Gasteiger partial charge >= 0.3 is 0 Å². The van der Waals surface area contributed by atoms with Crippen molar-refractivity contribution in [1.82, 2.24) is 10.3 Å². The average molecular weight is 302 g/mol. The van der Waals surface area contributed by atoms with Crippen molar-refractivity contribution in [3.8, 4) is 0 Å². The summed E-state index contributed by atoms with van der Waals surface area (Å²) in [7, 11) is -2.99. The third-order valence-electron chi connectivity index (χ3n) is 3.19. The Bertz CT molecular complexity index is 551. The van der Waals surface area contributed by atoms with Gasteiger partial charge in [0.05, 0.1) is 28.1 Å². The molecular formula is C12H18N2O3S2. The zero-order valence-electron chi connectivity index (χ0n) is 10.9. The molecule has 0 bridgehead atoms. The quantitative estimate of drug-likeness (QED) is 0.873. The van der Waals surface area contributed by atoms with Gasteiger partial charge in [0.1, 0.15) is 0 Å². The van der Waals surface area contributed by atoms with Crippen molar-refractivity contribution >= 4 is 27.1 Å². The van der Waals surface area contributed by atoms with E-state index >= 15 is 0 Å². The molecule has 1 saturated heterocycles. The van der Waals surface area contributed by atoms with Gasteiger partial charge in [-0.1, -0.05) is 6.92 Å². The highest BCUT2D eigenvalue weighted by atomic mass is 32.2. The summed E-state index contributed by atoms with van der Waals surface area (Å²) in [5.74, 6) is -0.384. The molecule has 1 aromatic heterocycles. The molecule has 1 aromatic rings. The number of nitrogens with zero attached hydrogens (tertiary/aromatic N) is 1. The van der Waals surface area contributed by atoms with Gasteiger partial charge in [-0.25, -0.2) is 13.4 Å². The smallest absolute Gasteiger partial charge is 0.224 e. The molecule has 1 fully saturated rings. The minimum absolute atomic E-state index is 0.00445. The van der Waals surface area contributed by atoms with Crippen LogP contribution in [-0.2, 0) is 27.5 Å². The van der Waals surface area contributed by atoms with E-state index in [0.717, 1.165) is 17.1 Å². The van der Waals surface area contributed by atoms with Gasteiger partial charge in [-0.3, -0.25) is 4.79 Å². The lowest BCUT2D eigenvalue weighted by atomic mass is 10.1. The highest BCUT2D eigenvalue weighted by molar-refractivity contribution is 7.91. The van der Waals surface area contributed by atoms with Gasteiger partial charge < -0.3 is 5.32 Å². The van der Waals surface area contributed by atoms with E-state index in [1.165, 1.54) is 0 Å². The van der Waals surface area contributed by atoms with Crippen LogP contribution in [0, 0.1) is 5.92 Å². The van der Waals surface area contributed by atoms with E-state index < -0.39 is 9.84 Å². The van der Waals surface area contributed by atoms with Crippen LogP contribution in [0.25, 0.3) is 0 Å². The number of hydrogen-bond acceptors (Lipinski definition) is 5. The summed E-state index contributed by atoms with van der Waals surface area (Å²) in [6.07, 6.45) is 2.07. The maximum Gasteiger partial charge on any atom is 0.224 e. The van der Waals surface area contributed by atoms with Gasteiger partial charge in [-0.05, 0) is 12.8 Å². The third-order valence-corrected chi connectivity index (χ3v) is 6.00. The standard InChI is InChI=1S/C12H18N2O3S2/c1-2-11-14-10(7-18-11)3-5-13-12(15)9-4-6-19(16,17)8-9/h7,9H,2-6,8H2,1H3,(H,13,15). The number of carbonyl (C=O) groups excluding carboxylic acids is 1. The fraction of sp³-hybridized carbons (Fsp3) is 0.667. The average Bonchev–Trinajstić information content (AvgIpc) is 2.95. The first-order valence-corrected chi connectivity index (χ1v) is 9.11. The SMILES string of the molecule is CCc1nc(CCNC(=O)C2CCS(=O)(=O)C2)cs1. The summed E-state index contributed by atoms with van der Waals surface area (Å²) >= 11 is 1.63. The number of aromatic nitrogens is 1. The van der Waals surface area contributed by atoms with Crippen molar-refractivity contribution in [2.24, 2.45) is 5.92 Å². The molecule has 0 aliphatic carbocycles. The first kappa shape index (κ1) is 14.5. The number of aryl methyl sites for hydroxylation is 1. The molecule has 1 amide bonds. The molecule has 2 heterocycles. The molecule has 0 aromatic carbocycles. The molecule has 1 N–H and O–H groups in total. The van der Waals surface area contributed by atoms with Gasteiger partial charge in [0, 0.05) is 18.3 Å². The lowest BCUT2D eigenvalue weighted by Crippen LogP contribution is -2.32. The Labute approximate surface area is 117 Å². The van der Waals surface area contributed by atoms with E-state index in [-0.39, 0.29) is 23.3 Å². The maximum atomic E-state index is 11.8. The highest BCUT2D eigenvalue weighted by Crippen LogP contribution is 2.18. The largest absolute Gasteiger partial charge is 0.355 e. The lowest BCUT2D eigenvalue weighted by molar-refractivity contribution is -0.124. The van der Waals surface area contributed by atoms with Crippen molar-refractivity contribution in [1.29, 1.82) is 0 Å². The molecule has 7 heteroatoms. The van der Waals surface area contributed by atoms with Crippen LogP contribution in [0.15, 0.2) is 5.38 Å². The highest BCUT2D eigenvalue weighted by Gasteiger charge is 2.32. The molecule has 0 spiro atoms. The molecule has 1 unspecified atom stereocenters. The zero-order chi connectivity index (χ0) is 13.9. The topological polar surface area (TPSA) is 76.1 Å². The van der Waals surface area contributed by atoms with Gasteiger partial charge in [0.25, 0.3) is 0 Å². The number of sulfone groups is 1. The number of rotatable bonds is 5. The number of nitrogens with one attached hydrogen (secondary N) is 1. The van der Waals surface area contributed by atoms with Crippen molar-refractivity contribution < 1.29 is 13.2 Å². The second kappa shape index (κ2) is 6.00. The Hall–Kier alpha value is -0.950. The Kier molecular flexibility index (Phi) is 4.57. The fourth-order valence-electron chi connectivity index (χ4n) is 2.09. The maximum absolute atomic E-state index is 11.8. The molecule has 106 valence electrons. The minimum Gasteiger partial charge on any atom is -0.355 e. The van der Waals surface area contributed by atoms with Gasteiger partial charge in [0.2, 0.25) is 5.91 Å². The second-order valence-electron chi connectivity index (χ2n) is 4.73. The summed E-state index contributed by atoms with van der Waals surface area (Å²) in [5, 5.41) is 5.90. The zero-order valence-corrected chi connectivity index (χ0v) is 12.5. The van der Waals surface area contributed by atoms with E-state index in [2.05, 4.69) is 17.2 Å². The first-order valence-electron chi connectivity index (χ1n) is 6.41. The summed E-state index contributed by atoms with van der Waals surface area (Å²) < 4.78 is 22.6. The molecule has 0 radical (unpaired) electrons. The van der Waals surface area contributed by atoms with Crippen LogP contribution in [0.5, 0.6) is 0 Å². The Morgan fingerprint density at radius 2 is 2.37 bits per heavy atom. The molecule has 0 saturated carbocycles. The van der Waals surface area contributed by atoms with Gasteiger partial charge in [-0.2, -0.15) is 0 Å². The van der Waals surface area contributed by atoms with Crippen LogP contribution in [0.1, 0.15) is 24.0 Å². The van der Waals surface area contributed by atoms with Crippen molar-refractivity contribution in [3.63, 3.8) is 0 Å². The van der Waals surface area contributed by atoms with Crippen LogP contribution in [-0.4, -0.2) is 37.4 Å². The second-order valence-corrected chi connectivity index (χ2v) is 7.90. The normalized spacial score (nSPS) is 21.4. The lowest BCUT2D eigenvalue weighted by Gasteiger charge is -2.08. The van der Waals surface area contributed by atoms with Gasteiger partial charge in [0.15, 0.2) is 9.84 Å². The predicted molar refractivity (Wildman–Crippen MR) is 75.0 cm³/mol. The summed E-state index contributed by atoms with van der Waals surface area (Å²) in [6.45, 7) is 2.58. The van der Waals surface area contributed by atoms with E-state index in [4.69, 9.17) is 0 Å². The van der Waals surface area contributed by atoms with Crippen molar-refractivity contribution in [3.05, 3.63) is 16.1 Å². The molecular weight excluding hydrogens is 284 g/mol. The third kappa shape index (κ3) is 4.01. The van der Waals surface area contributed by atoms with Crippen LogP contribution < -0.4 is 5.32 Å². The Balaban J connectivity index is 1.75. The Morgan fingerprint density at radius 1 is 1.58 bits per heavy atom.